The molecule has 0 aliphatic carbocycles. The number of H-pyrrole nitrogens is 1. The molecule has 3 aromatic rings. The first-order chi connectivity index (χ1) is 13.3. The molecule has 2 aromatic heterocycles. The van der Waals surface area contributed by atoms with Crippen molar-refractivity contribution in [1.82, 2.24) is 19.9 Å². The van der Waals surface area contributed by atoms with Gasteiger partial charge in [-0.3, -0.25) is 10.1 Å². The number of aryl methyl sites for hydroxylation is 1. The summed E-state index contributed by atoms with van der Waals surface area (Å²) < 4.78 is 21.2. The molecule has 0 fully saturated rings. The summed E-state index contributed by atoms with van der Waals surface area (Å²) in [5, 5.41) is 5.00. The second-order valence-corrected chi connectivity index (χ2v) is 5.93. The van der Waals surface area contributed by atoms with Crippen LogP contribution in [0.5, 0.6) is 0 Å². The Morgan fingerprint density at radius 2 is 2.11 bits per heavy atom. The Morgan fingerprint density at radius 3 is 2.75 bits per heavy atom. The number of esters is 1. The Hall–Kier alpha value is -3.69. The van der Waals surface area contributed by atoms with Crippen molar-refractivity contribution in [1.29, 1.82) is 0 Å². The van der Waals surface area contributed by atoms with Crippen molar-refractivity contribution in [2.45, 2.75) is 6.92 Å². The second-order valence-electron chi connectivity index (χ2n) is 5.93. The van der Waals surface area contributed by atoms with E-state index in [0.29, 0.717) is 6.54 Å². The number of nitrogens with one attached hydrogen (secondary N) is 3. The maximum Gasteiger partial charge on any atom is 0.343 e. The average Bonchev–Trinajstić information content (AvgIpc) is 3.04. The van der Waals surface area contributed by atoms with Crippen LogP contribution < -0.4 is 16.2 Å². The van der Waals surface area contributed by atoms with Crippen LogP contribution in [0.2, 0.25) is 0 Å². The summed E-state index contributed by atoms with van der Waals surface area (Å²) in [5.74, 6) is -1.74. The van der Waals surface area contributed by atoms with E-state index >= 15 is 4.39 Å². The zero-order valence-corrected chi connectivity index (χ0v) is 15.4. The molecule has 0 aliphatic heterocycles. The summed E-state index contributed by atoms with van der Waals surface area (Å²) in [7, 11) is 2.70. The predicted octanol–water partition coefficient (Wildman–Crippen LogP) is 2.00. The van der Waals surface area contributed by atoms with Crippen LogP contribution >= 0.6 is 0 Å². The highest BCUT2D eigenvalue weighted by atomic mass is 19.1. The Morgan fingerprint density at radius 1 is 1.36 bits per heavy atom. The lowest BCUT2D eigenvalue weighted by molar-refractivity contribution is 0.0598. The van der Waals surface area contributed by atoms with Gasteiger partial charge in [-0.05, 0) is 24.6 Å². The minimum absolute atomic E-state index is 0.0154. The summed E-state index contributed by atoms with van der Waals surface area (Å²) in [6.07, 6.45) is 1.49. The number of ether oxygens (including phenoxy) is 1. The van der Waals surface area contributed by atoms with Crippen molar-refractivity contribution < 1.29 is 18.7 Å². The van der Waals surface area contributed by atoms with Gasteiger partial charge in [0.2, 0.25) is 5.95 Å². The number of halogens is 1. The van der Waals surface area contributed by atoms with Crippen LogP contribution in [0.3, 0.4) is 0 Å². The van der Waals surface area contributed by atoms with Gasteiger partial charge in [0.15, 0.2) is 0 Å². The number of amides is 2. The number of pyridine rings is 1. The molecule has 0 saturated heterocycles. The second kappa shape index (κ2) is 7.51. The molecule has 0 spiro atoms. The smallest absolute Gasteiger partial charge is 0.343 e. The Balaban J connectivity index is 2.21. The quantitative estimate of drug-likeness (QED) is 0.592. The molecule has 3 rings (SSSR count). The number of hydrogen-bond acceptors (Lipinski definition) is 5. The Labute approximate surface area is 158 Å². The van der Waals surface area contributed by atoms with Gasteiger partial charge in [-0.25, -0.2) is 19.0 Å². The van der Waals surface area contributed by atoms with Crippen molar-refractivity contribution in [3.8, 4) is 11.1 Å². The molecule has 10 heteroatoms. The van der Waals surface area contributed by atoms with Crippen LogP contribution in [0.4, 0.5) is 15.1 Å². The number of nitrogens with zero attached hydrogens (tertiary/aromatic N) is 2. The van der Waals surface area contributed by atoms with Gasteiger partial charge in [-0.15, -0.1) is 0 Å². The minimum Gasteiger partial charge on any atom is -0.465 e. The molecule has 0 saturated carbocycles. The van der Waals surface area contributed by atoms with E-state index in [0.717, 1.165) is 7.11 Å². The van der Waals surface area contributed by atoms with Gasteiger partial charge < -0.3 is 19.6 Å². The third-order valence-corrected chi connectivity index (χ3v) is 4.09. The molecule has 9 nitrogen and oxygen atoms in total. The Kier molecular flexibility index (Phi) is 5.12. The number of aromatic amines is 1. The van der Waals surface area contributed by atoms with Gasteiger partial charge >= 0.3 is 12.0 Å². The lowest BCUT2D eigenvalue weighted by Crippen LogP contribution is -2.28. The molecule has 28 heavy (non-hydrogen) atoms. The van der Waals surface area contributed by atoms with Crippen molar-refractivity contribution in [3.63, 3.8) is 0 Å². The van der Waals surface area contributed by atoms with Crippen LogP contribution in [0.25, 0.3) is 22.2 Å². The lowest BCUT2D eigenvalue weighted by atomic mass is 10.0. The number of carbonyl (C=O) groups is 2. The number of aromatic nitrogens is 3. The van der Waals surface area contributed by atoms with Gasteiger partial charge in [-0.1, -0.05) is 0 Å². The van der Waals surface area contributed by atoms with Gasteiger partial charge in [-0.2, -0.15) is 0 Å². The van der Waals surface area contributed by atoms with Crippen LogP contribution in [0.15, 0.2) is 29.2 Å². The SMILES string of the molecule is CCNC(=O)Nc1nc2cc(-c3ccn(C)c(=O)c3)c(F)c(C(=O)OC)c2[nH]1. The van der Waals surface area contributed by atoms with Crippen molar-refractivity contribution >= 4 is 29.0 Å². The number of methoxy groups -OCH3 is 1. The molecule has 0 bridgehead atoms. The monoisotopic (exact) mass is 387 g/mol. The topological polar surface area (TPSA) is 118 Å². The summed E-state index contributed by atoms with van der Waals surface area (Å²) in [5.41, 5.74) is -0.104. The van der Waals surface area contributed by atoms with Crippen LogP contribution in [0, 0.1) is 5.82 Å². The third kappa shape index (κ3) is 3.43. The summed E-state index contributed by atoms with van der Waals surface area (Å²) in [4.78, 5) is 42.8. The molecule has 0 radical (unpaired) electrons. The largest absolute Gasteiger partial charge is 0.465 e. The third-order valence-electron chi connectivity index (χ3n) is 4.09. The maximum atomic E-state index is 15.2. The van der Waals surface area contributed by atoms with Gasteiger partial charge in [0, 0.05) is 31.4 Å². The van der Waals surface area contributed by atoms with E-state index in [1.165, 1.54) is 22.9 Å². The van der Waals surface area contributed by atoms with Gasteiger partial charge in [0.05, 0.1) is 18.1 Å². The molecule has 0 aliphatic rings. The number of imidazole rings is 1. The minimum atomic E-state index is -0.915. The predicted molar refractivity (Wildman–Crippen MR) is 101 cm³/mol. The van der Waals surface area contributed by atoms with E-state index in [1.54, 1.807) is 20.0 Å². The van der Waals surface area contributed by atoms with E-state index in [9.17, 15) is 14.4 Å². The zero-order valence-electron chi connectivity index (χ0n) is 15.4. The van der Waals surface area contributed by atoms with Crippen molar-refractivity contribution in [2.24, 2.45) is 7.05 Å². The summed E-state index contributed by atoms with van der Waals surface area (Å²) >= 11 is 0. The fourth-order valence-electron chi connectivity index (χ4n) is 2.72. The van der Waals surface area contributed by atoms with E-state index in [-0.39, 0.29) is 39.2 Å². The lowest BCUT2D eigenvalue weighted by Gasteiger charge is -2.09. The Bertz CT molecular complexity index is 1130. The van der Waals surface area contributed by atoms with Crippen molar-refractivity contribution in [3.05, 3.63) is 46.1 Å². The highest BCUT2D eigenvalue weighted by molar-refractivity contribution is 6.05. The highest BCUT2D eigenvalue weighted by Gasteiger charge is 2.24. The standard InChI is InChI=1S/C18H18FN5O4/c1-4-20-18(27)23-17-21-11-8-10(9-5-6-24(2)12(25)7-9)14(19)13(15(11)22-17)16(26)28-3/h5-8H,4H2,1-3H3,(H3,20,21,22,23,27). The van der Waals surface area contributed by atoms with Gasteiger partial charge in [0.1, 0.15) is 11.4 Å². The number of fused-ring (bicyclic) bond motifs is 1. The molecular weight excluding hydrogens is 369 g/mol. The number of benzene rings is 1. The highest BCUT2D eigenvalue weighted by Crippen LogP contribution is 2.31. The average molecular weight is 387 g/mol. The molecule has 2 heterocycles. The zero-order chi connectivity index (χ0) is 20.4. The molecule has 0 unspecified atom stereocenters. The molecule has 2 amide bonds. The number of anilines is 1. The summed E-state index contributed by atoms with van der Waals surface area (Å²) in [6.45, 7) is 2.15. The van der Waals surface area contributed by atoms with Crippen molar-refractivity contribution in [2.75, 3.05) is 19.0 Å². The van der Waals surface area contributed by atoms with Crippen LogP contribution in [-0.4, -0.2) is 40.2 Å². The number of urea groups is 1. The molecule has 146 valence electrons. The number of hydrogen-bond donors (Lipinski definition) is 3. The van der Waals surface area contributed by atoms with E-state index in [4.69, 9.17) is 4.74 Å². The number of carbonyl (C=O) groups excluding carboxylic acids is 2. The van der Waals surface area contributed by atoms with Gasteiger partial charge in [0.25, 0.3) is 5.56 Å². The fourth-order valence-corrected chi connectivity index (χ4v) is 2.72. The molecule has 1 aromatic carbocycles. The molecule has 3 N–H and O–H groups in total. The molecule has 0 atom stereocenters. The normalized spacial score (nSPS) is 10.7. The first kappa shape index (κ1) is 19.1. The molecular formula is C18H18FN5O4. The first-order valence-corrected chi connectivity index (χ1v) is 8.38. The van der Waals surface area contributed by atoms with Crippen LogP contribution in [0.1, 0.15) is 17.3 Å². The summed E-state index contributed by atoms with van der Waals surface area (Å²) in [6, 6.07) is 3.69. The van der Waals surface area contributed by atoms with Crippen LogP contribution in [-0.2, 0) is 11.8 Å². The maximum absolute atomic E-state index is 15.2. The van der Waals surface area contributed by atoms with E-state index in [1.807, 2.05) is 0 Å². The van der Waals surface area contributed by atoms with E-state index < -0.39 is 17.8 Å². The van der Waals surface area contributed by atoms with E-state index in [2.05, 4.69) is 20.6 Å². The first-order valence-electron chi connectivity index (χ1n) is 8.38. The number of rotatable bonds is 4. The fraction of sp³-hybridized carbons (Fsp3) is 0.222.